The molecule has 1 saturated heterocycles. The maximum atomic E-state index is 12.4. The molecule has 0 aromatic carbocycles. The highest BCUT2D eigenvalue weighted by atomic mass is 32.2. The average molecular weight is 307 g/mol. The molecule has 1 aromatic heterocycles. The van der Waals surface area contributed by atoms with Crippen LogP contribution in [0.25, 0.3) is 0 Å². The predicted molar refractivity (Wildman–Crippen MR) is 82.7 cm³/mol. The molecule has 0 bridgehead atoms. The SMILES string of the molecule is N#CCCN(Cc1ccco1)C(=O)CSC1CCNCC1. The Balaban J connectivity index is 1.82. The van der Waals surface area contributed by atoms with Gasteiger partial charge in [-0.3, -0.25) is 4.79 Å². The van der Waals surface area contributed by atoms with E-state index >= 15 is 0 Å². The number of nitrogens with one attached hydrogen (secondary N) is 1. The number of furan rings is 1. The van der Waals surface area contributed by atoms with Crippen LogP contribution in [-0.4, -0.2) is 41.4 Å². The molecule has 0 aliphatic carbocycles. The van der Waals surface area contributed by atoms with E-state index in [9.17, 15) is 4.79 Å². The first-order valence-corrected chi connectivity index (χ1v) is 8.34. The summed E-state index contributed by atoms with van der Waals surface area (Å²) in [5.74, 6) is 1.33. The fourth-order valence-corrected chi connectivity index (χ4v) is 3.44. The second-order valence-corrected chi connectivity index (χ2v) is 6.35. The molecule has 2 heterocycles. The van der Waals surface area contributed by atoms with Crippen molar-refractivity contribution in [2.45, 2.75) is 31.1 Å². The van der Waals surface area contributed by atoms with E-state index in [2.05, 4.69) is 11.4 Å². The highest BCUT2D eigenvalue weighted by molar-refractivity contribution is 8.00. The fourth-order valence-electron chi connectivity index (χ4n) is 2.31. The van der Waals surface area contributed by atoms with Crippen molar-refractivity contribution in [1.82, 2.24) is 10.2 Å². The largest absolute Gasteiger partial charge is 0.467 e. The zero-order valence-corrected chi connectivity index (χ0v) is 12.9. The van der Waals surface area contributed by atoms with Crippen molar-refractivity contribution in [3.8, 4) is 6.07 Å². The number of hydrogen-bond donors (Lipinski definition) is 1. The van der Waals surface area contributed by atoms with Gasteiger partial charge in [-0.25, -0.2) is 0 Å². The van der Waals surface area contributed by atoms with Gasteiger partial charge in [0.1, 0.15) is 5.76 Å². The molecule has 0 spiro atoms. The van der Waals surface area contributed by atoms with E-state index in [0.29, 0.717) is 30.5 Å². The van der Waals surface area contributed by atoms with Gasteiger partial charge in [0.05, 0.1) is 31.1 Å². The van der Waals surface area contributed by atoms with Gasteiger partial charge in [0.15, 0.2) is 0 Å². The summed E-state index contributed by atoms with van der Waals surface area (Å²) in [6.45, 7) is 2.98. The van der Waals surface area contributed by atoms with Crippen LogP contribution in [0.1, 0.15) is 25.0 Å². The van der Waals surface area contributed by atoms with E-state index in [1.54, 1.807) is 22.9 Å². The first-order valence-electron chi connectivity index (χ1n) is 7.29. The van der Waals surface area contributed by atoms with Crippen molar-refractivity contribution >= 4 is 17.7 Å². The molecular weight excluding hydrogens is 286 g/mol. The molecule has 1 aliphatic heterocycles. The molecule has 0 saturated carbocycles. The Bertz CT molecular complexity index is 464. The van der Waals surface area contributed by atoms with Crippen LogP contribution in [-0.2, 0) is 11.3 Å². The summed E-state index contributed by atoms with van der Waals surface area (Å²) in [5, 5.41) is 12.6. The third kappa shape index (κ3) is 5.44. The van der Waals surface area contributed by atoms with Gasteiger partial charge < -0.3 is 14.6 Å². The van der Waals surface area contributed by atoms with Crippen LogP contribution in [0.3, 0.4) is 0 Å². The Kier molecular flexibility index (Phi) is 6.64. The highest BCUT2D eigenvalue weighted by Gasteiger charge is 2.19. The van der Waals surface area contributed by atoms with Crippen LogP contribution < -0.4 is 5.32 Å². The zero-order chi connectivity index (χ0) is 14.9. The van der Waals surface area contributed by atoms with Gasteiger partial charge in [-0.1, -0.05) is 0 Å². The summed E-state index contributed by atoms with van der Waals surface area (Å²) in [4.78, 5) is 14.1. The van der Waals surface area contributed by atoms with E-state index in [-0.39, 0.29) is 5.91 Å². The predicted octanol–water partition coefficient (Wildman–Crippen LogP) is 2.01. The van der Waals surface area contributed by atoms with Gasteiger partial charge >= 0.3 is 0 Å². The average Bonchev–Trinajstić information content (AvgIpc) is 3.03. The summed E-state index contributed by atoms with van der Waals surface area (Å²) < 4.78 is 5.30. The molecule has 114 valence electrons. The molecule has 2 rings (SSSR count). The smallest absolute Gasteiger partial charge is 0.233 e. The first kappa shape index (κ1) is 15.9. The number of nitrogens with zero attached hydrogens (tertiary/aromatic N) is 2. The van der Waals surface area contributed by atoms with Crippen LogP contribution in [0.4, 0.5) is 0 Å². The Morgan fingerprint density at radius 3 is 3.00 bits per heavy atom. The van der Waals surface area contributed by atoms with Gasteiger partial charge in [0.25, 0.3) is 0 Å². The number of carbonyl (C=O) groups excluding carboxylic acids is 1. The fraction of sp³-hybridized carbons (Fsp3) is 0.600. The van der Waals surface area contributed by atoms with Crippen molar-refractivity contribution in [3.63, 3.8) is 0 Å². The molecular formula is C15H21N3O2S. The van der Waals surface area contributed by atoms with Gasteiger partial charge in [-0.05, 0) is 38.1 Å². The molecule has 1 N–H and O–H groups in total. The lowest BCUT2D eigenvalue weighted by Crippen LogP contribution is -2.34. The number of nitriles is 1. The molecule has 0 unspecified atom stereocenters. The maximum Gasteiger partial charge on any atom is 0.233 e. The van der Waals surface area contributed by atoms with Crippen LogP contribution in [0, 0.1) is 11.3 Å². The molecule has 5 nitrogen and oxygen atoms in total. The van der Waals surface area contributed by atoms with E-state index in [1.165, 1.54) is 0 Å². The molecule has 1 aromatic rings. The Hall–Kier alpha value is -1.45. The second-order valence-electron chi connectivity index (χ2n) is 5.06. The third-order valence-corrected chi connectivity index (χ3v) is 4.86. The quantitative estimate of drug-likeness (QED) is 0.834. The summed E-state index contributed by atoms with van der Waals surface area (Å²) in [6.07, 6.45) is 4.19. The van der Waals surface area contributed by atoms with Crippen molar-refractivity contribution in [2.24, 2.45) is 0 Å². The van der Waals surface area contributed by atoms with Gasteiger partial charge in [0.2, 0.25) is 5.91 Å². The molecule has 0 atom stereocenters. The van der Waals surface area contributed by atoms with E-state index < -0.39 is 0 Å². The second kappa shape index (κ2) is 8.75. The van der Waals surface area contributed by atoms with Gasteiger partial charge in [-0.15, -0.1) is 11.8 Å². The highest BCUT2D eigenvalue weighted by Crippen LogP contribution is 2.21. The number of carbonyl (C=O) groups is 1. The van der Waals surface area contributed by atoms with E-state index in [4.69, 9.17) is 9.68 Å². The topological polar surface area (TPSA) is 69.3 Å². The van der Waals surface area contributed by atoms with Crippen LogP contribution in [0.2, 0.25) is 0 Å². The molecule has 0 radical (unpaired) electrons. The summed E-state index contributed by atoms with van der Waals surface area (Å²) in [5.41, 5.74) is 0. The number of piperidine rings is 1. The van der Waals surface area contributed by atoms with E-state index in [0.717, 1.165) is 31.7 Å². The standard InChI is InChI=1S/C15H21N3O2S/c16-6-2-9-18(11-13-3-1-10-20-13)15(19)12-21-14-4-7-17-8-5-14/h1,3,10,14,17H,2,4-5,7-9,11-12H2. The summed E-state index contributed by atoms with van der Waals surface area (Å²) in [6, 6.07) is 5.76. The summed E-state index contributed by atoms with van der Waals surface area (Å²) in [7, 11) is 0. The van der Waals surface area contributed by atoms with Crippen LogP contribution in [0.15, 0.2) is 22.8 Å². The number of thioether (sulfide) groups is 1. The summed E-state index contributed by atoms with van der Waals surface area (Å²) >= 11 is 1.74. The lowest BCUT2D eigenvalue weighted by Gasteiger charge is -2.24. The van der Waals surface area contributed by atoms with Crippen molar-refractivity contribution in [2.75, 3.05) is 25.4 Å². The molecule has 21 heavy (non-hydrogen) atoms. The van der Waals surface area contributed by atoms with Crippen molar-refractivity contribution in [1.29, 1.82) is 5.26 Å². The minimum Gasteiger partial charge on any atom is -0.467 e. The zero-order valence-electron chi connectivity index (χ0n) is 12.1. The Morgan fingerprint density at radius 2 is 2.33 bits per heavy atom. The number of rotatable bonds is 7. The van der Waals surface area contributed by atoms with Crippen molar-refractivity contribution in [3.05, 3.63) is 24.2 Å². The maximum absolute atomic E-state index is 12.4. The van der Waals surface area contributed by atoms with E-state index in [1.807, 2.05) is 12.1 Å². The molecule has 1 fully saturated rings. The monoisotopic (exact) mass is 307 g/mol. The Labute approximate surface area is 129 Å². The molecule has 6 heteroatoms. The van der Waals surface area contributed by atoms with Crippen molar-refractivity contribution < 1.29 is 9.21 Å². The normalized spacial score (nSPS) is 15.6. The van der Waals surface area contributed by atoms with Gasteiger partial charge in [-0.2, -0.15) is 5.26 Å². The number of amides is 1. The Morgan fingerprint density at radius 1 is 1.52 bits per heavy atom. The van der Waals surface area contributed by atoms with Crippen LogP contribution >= 0.6 is 11.8 Å². The first-order chi connectivity index (χ1) is 10.3. The molecule has 1 aliphatic rings. The number of hydrogen-bond acceptors (Lipinski definition) is 5. The third-order valence-electron chi connectivity index (χ3n) is 3.50. The minimum absolute atomic E-state index is 0.0881. The molecule has 1 amide bonds. The van der Waals surface area contributed by atoms with Crippen LogP contribution in [0.5, 0.6) is 0 Å². The lowest BCUT2D eigenvalue weighted by atomic mass is 10.2. The lowest BCUT2D eigenvalue weighted by molar-refractivity contribution is -0.129. The van der Waals surface area contributed by atoms with Gasteiger partial charge in [0, 0.05) is 11.8 Å². The minimum atomic E-state index is 0.0881.